The molecule has 0 saturated heterocycles. The number of aliphatic hydroxyl groups excluding tert-OH is 1. The summed E-state index contributed by atoms with van der Waals surface area (Å²) in [7, 11) is 0. The standard InChI is InChI=1S/C12H21N3O/c1-8(2)15-11(7-16)13-14-12(15)10-6-4-5-9(10)3/h8-10,16H,4-7H2,1-3H3. The monoisotopic (exact) mass is 223 g/mol. The average molecular weight is 223 g/mol. The van der Waals surface area contributed by atoms with E-state index in [9.17, 15) is 5.11 Å². The van der Waals surface area contributed by atoms with E-state index in [4.69, 9.17) is 0 Å². The lowest BCUT2D eigenvalue weighted by Gasteiger charge is -2.19. The molecule has 1 fully saturated rings. The highest BCUT2D eigenvalue weighted by molar-refractivity contribution is 5.06. The summed E-state index contributed by atoms with van der Waals surface area (Å²) in [6, 6.07) is 0.319. The Hall–Kier alpha value is -0.900. The van der Waals surface area contributed by atoms with Crippen molar-refractivity contribution in [1.82, 2.24) is 14.8 Å². The van der Waals surface area contributed by atoms with Crippen LogP contribution in [0.15, 0.2) is 0 Å². The maximum atomic E-state index is 9.27. The van der Waals surface area contributed by atoms with E-state index in [1.807, 2.05) is 0 Å². The van der Waals surface area contributed by atoms with Crippen molar-refractivity contribution >= 4 is 0 Å². The van der Waals surface area contributed by atoms with Gasteiger partial charge < -0.3 is 9.67 Å². The van der Waals surface area contributed by atoms with Crippen molar-refractivity contribution in [3.8, 4) is 0 Å². The van der Waals surface area contributed by atoms with Crippen LogP contribution in [0.2, 0.25) is 0 Å². The van der Waals surface area contributed by atoms with Gasteiger partial charge in [0.05, 0.1) is 0 Å². The fourth-order valence-electron chi connectivity index (χ4n) is 2.79. The highest BCUT2D eigenvalue weighted by Crippen LogP contribution is 2.39. The van der Waals surface area contributed by atoms with E-state index in [1.165, 1.54) is 19.3 Å². The normalized spacial score (nSPS) is 25.6. The molecule has 1 aliphatic carbocycles. The Morgan fingerprint density at radius 1 is 1.38 bits per heavy atom. The number of aromatic nitrogens is 3. The molecular formula is C12H21N3O. The number of rotatable bonds is 3. The third-order valence-electron chi connectivity index (χ3n) is 3.64. The lowest BCUT2D eigenvalue weighted by molar-refractivity contribution is 0.260. The fraction of sp³-hybridized carbons (Fsp3) is 0.833. The molecule has 1 aromatic rings. The zero-order valence-corrected chi connectivity index (χ0v) is 10.3. The van der Waals surface area contributed by atoms with E-state index >= 15 is 0 Å². The van der Waals surface area contributed by atoms with Gasteiger partial charge >= 0.3 is 0 Å². The summed E-state index contributed by atoms with van der Waals surface area (Å²) in [6.45, 7) is 6.50. The van der Waals surface area contributed by atoms with Gasteiger partial charge in [-0.2, -0.15) is 0 Å². The zero-order valence-electron chi connectivity index (χ0n) is 10.3. The second kappa shape index (κ2) is 4.53. The predicted molar refractivity (Wildman–Crippen MR) is 62.1 cm³/mol. The van der Waals surface area contributed by atoms with Crippen molar-refractivity contribution in [2.75, 3.05) is 0 Å². The van der Waals surface area contributed by atoms with E-state index in [0.29, 0.717) is 23.7 Å². The molecule has 0 bridgehead atoms. The van der Waals surface area contributed by atoms with Gasteiger partial charge in [-0.15, -0.1) is 10.2 Å². The third-order valence-corrected chi connectivity index (χ3v) is 3.64. The van der Waals surface area contributed by atoms with Gasteiger partial charge in [-0.1, -0.05) is 13.3 Å². The molecule has 90 valence electrons. The molecule has 2 unspecified atom stereocenters. The van der Waals surface area contributed by atoms with Crippen molar-refractivity contribution in [2.24, 2.45) is 5.92 Å². The Balaban J connectivity index is 2.36. The zero-order chi connectivity index (χ0) is 11.7. The van der Waals surface area contributed by atoms with Crippen molar-refractivity contribution in [3.63, 3.8) is 0 Å². The van der Waals surface area contributed by atoms with Crippen molar-refractivity contribution in [1.29, 1.82) is 0 Å². The number of hydrogen-bond acceptors (Lipinski definition) is 3. The molecule has 0 spiro atoms. The Morgan fingerprint density at radius 2 is 2.12 bits per heavy atom. The highest BCUT2D eigenvalue weighted by atomic mass is 16.3. The van der Waals surface area contributed by atoms with E-state index in [2.05, 4.69) is 35.5 Å². The largest absolute Gasteiger partial charge is 0.388 e. The molecule has 1 heterocycles. The topological polar surface area (TPSA) is 50.9 Å². The van der Waals surface area contributed by atoms with Gasteiger partial charge in [-0.25, -0.2) is 0 Å². The summed E-state index contributed by atoms with van der Waals surface area (Å²) in [5.74, 6) is 2.98. The molecule has 1 aromatic heterocycles. The molecular weight excluding hydrogens is 202 g/mol. The quantitative estimate of drug-likeness (QED) is 0.855. The van der Waals surface area contributed by atoms with Crippen LogP contribution in [0.25, 0.3) is 0 Å². The Labute approximate surface area is 96.7 Å². The van der Waals surface area contributed by atoms with Crippen molar-refractivity contribution in [2.45, 2.75) is 58.6 Å². The number of hydrogen-bond donors (Lipinski definition) is 1. The van der Waals surface area contributed by atoms with Crippen LogP contribution in [0, 0.1) is 5.92 Å². The van der Waals surface area contributed by atoms with Gasteiger partial charge in [0.25, 0.3) is 0 Å². The summed E-state index contributed by atoms with van der Waals surface area (Å²) in [5.41, 5.74) is 0. The van der Waals surface area contributed by atoms with Crippen molar-refractivity contribution < 1.29 is 5.11 Å². The first-order chi connectivity index (χ1) is 7.65. The number of aliphatic hydroxyl groups is 1. The molecule has 4 heteroatoms. The molecule has 0 radical (unpaired) electrons. The van der Waals surface area contributed by atoms with Crippen LogP contribution in [-0.2, 0) is 6.61 Å². The van der Waals surface area contributed by atoms with E-state index in [1.54, 1.807) is 0 Å². The van der Waals surface area contributed by atoms with E-state index in [0.717, 1.165) is 5.82 Å². The maximum absolute atomic E-state index is 9.27. The smallest absolute Gasteiger partial charge is 0.159 e. The first-order valence-electron chi connectivity index (χ1n) is 6.19. The molecule has 4 nitrogen and oxygen atoms in total. The minimum absolute atomic E-state index is 0.0215. The van der Waals surface area contributed by atoms with Crippen molar-refractivity contribution in [3.05, 3.63) is 11.6 Å². The number of nitrogens with zero attached hydrogens (tertiary/aromatic N) is 3. The summed E-state index contributed by atoms with van der Waals surface area (Å²) in [4.78, 5) is 0. The van der Waals surface area contributed by atoms with Gasteiger partial charge in [0.15, 0.2) is 5.82 Å². The Bertz CT molecular complexity index is 359. The lowest BCUT2D eigenvalue weighted by atomic mass is 9.97. The van der Waals surface area contributed by atoms with Gasteiger partial charge in [-0.05, 0) is 32.6 Å². The molecule has 1 N–H and O–H groups in total. The molecule has 1 aliphatic rings. The van der Waals surface area contributed by atoms with E-state index < -0.39 is 0 Å². The van der Waals surface area contributed by atoms with Crippen LogP contribution in [0.4, 0.5) is 0 Å². The molecule has 1 saturated carbocycles. The van der Waals surface area contributed by atoms with Gasteiger partial charge in [-0.3, -0.25) is 0 Å². The molecule has 0 aromatic carbocycles. The highest BCUT2D eigenvalue weighted by Gasteiger charge is 2.30. The van der Waals surface area contributed by atoms with Crippen LogP contribution < -0.4 is 0 Å². The summed E-state index contributed by atoms with van der Waals surface area (Å²) >= 11 is 0. The van der Waals surface area contributed by atoms with Crippen LogP contribution in [0.3, 0.4) is 0 Å². The predicted octanol–water partition coefficient (Wildman–Crippen LogP) is 2.25. The SMILES string of the molecule is CC1CCCC1c1nnc(CO)n1C(C)C. The van der Waals surface area contributed by atoms with Crippen LogP contribution >= 0.6 is 0 Å². The van der Waals surface area contributed by atoms with Gasteiger partial charge in [0.1, 0.15) is 12.4 Å². The van der Waals surface area contributed by atoms with Crippen LogP contribution in [-0.4, -0.2) is 19.9 Å². The summed E-state index contributed by atoms with van der Waals surface area (Å²) < 4.78 is 2.10. The molecule has 0 amide bonds. The lowest BCUT2D eigenvalue weighted by Crippen LogP contribution is -2.15. The van der Waals surface area contributed by atoms with Gasteiger partial charge in [0.2, 0.25) is 0 Å². The summed E-state index contributed by atoms with van der Waals surface area (Å²) in [5, 5.41) is 17.7. The minimum Gasteiger partial charge on any atom is -0.388 e. The van der Waals surface area contributed by atoms with Crippen LogP contribution in [0.5, 0.6) is 0 Å². The molecule has 0 aliphatic heterocycles. The first-order valence-corrected chi connectivity index (χ1v) is 6.19. The fourth-order valence-corrected chi connectivity index (χ4v) is 2.79. The van der Waals surface area contributed by atoms with Crippen LogP contribution in [0.1, 0.15) is 63.6 Å². The second-order valence-electron chi connectivity index (χ2n) is 5.11. The van der Waals surface area contributed by atoms with E-state index in [-0.39, 0.29) is 6.61 Å². The maximum Gasteiger partial charge on any atom is 0.159 e. The molecule has 2 rings (SSSR count). The average Bonchev–Trinajstić information content (AvgIpc) is 2.82. The molecule has 16 heavy (non-hydrogen) atoms. The second-order valence-corrected chi connectivity index (χ2v) is 5.11. The first kappa shape index (κ1) is 11.6. The minimum atomic E-state index is -0.0215. The Kier molecular flexibility index (Phi) is 3.28. The Morgan fingerprint density at radius 3 is 2.62 bits per heavy atom. The molecule has 2 atom stereocenters. The third kappa shape index (κ3) is 1.86. The summed E-state index contributed by atoms with van der Waals surface area (Å²) in [6.07, 6.45) is 3.77. The van der Waals surface area contributed by atoms with Gasteiger partial charge in [0, 0.05) is 12.0 Å².